The van der Waals surface area contributed by atoms with Crippen molar-refractivity contribution in [3.05, 3.63) is 48.5 Å². The first-order valence-electron chi connectivity index (χ1n) is 5.39. The van der Waals surface area contributed by atoms with Gasteiger partial charge in [0, 0.05) is 6.20 Å². The second-order valence-corrected chi connectivity index (χ2v) is 3.87. The number of hydrogen-bond acceptors (Lipinski definition) is 4. The monoisotopic (exact) mass is 241 g/mol. The summed E-state index contributed by atoms with van der Waals surface area (Å²) in [7, 11) is 0. The smallest absolute Gasteiger partial charge is 0.117 e. The number of rotatable bonds is 3. The minimum Gasteiger partial charge on any atom is -0.543 e. The number of fused-ring (bicyclic) bond motifs is 1. The normalized spacial score (nSPS) is 10.9. The van der Waals surface area contributed by atoms with Crippen LogP contribution in [0, 0.1) is 0 Å². The average molecular weight is 241 g/mol. The van der Waals surface area contributed by atoms with Crippen LogP contribution in [-0.4, -0.2) is 25.3 Å². The lowest BCUT2D eigenvalue weighted by molar-refractivity contribution is -0.255. The maximum Gasteiger partial charge on any atom is 0.117 e. The number of carbonyl (C=O) groups excluding carboxylic acids is 1. The van der Waals surface area contributed by atoms with Gasteiger partial charge in [-0.2, -0.15) is 5.10 Å². The molecule has 6 heteroatoms. The molecule has 0 saturated heterocycles. The zero-order valence-corrected chi connectivity index (χ0v) is 9.35. The lowest BCUT2D eigenvalue weighted by atomic mass is 10.3. The van der Waals surface area contributed by atoms with E-state index >= 15 is 0 Å². The lowest BCUT2D eigenvalue weighted by Gasteiger charge is -2.04. The molecule has 2 aromatic heterocycles. The highest BCUT2D eigenvalue weighted by Gasteiger charge is 2.03. The van der Waals surface area contributed by atoms with Crippen LogP contribution >= 0.6 is 0 Å². The van der Waals surface area contributed by atoms with E-state index in [2.05, 4.69) is 10.1 Å². The fourth-order valence-corrected chi connectivity index (χ4v) is 1.83. The first kappa shape index (κ1) is 10.5. The molecule has 0 aliphatic carbocycles. The summed E-state index contributed by atoms with van der Waals surface area (Å²) in [4.78, 5) is 14.9. The van der Waals surface area contributed by atoms with Gasteiger partial charge in [0.05, 0.1) is 23.3 Å². The van der Waals surface area contributed by atoms with E-state index in [1.807, 2.05) is 28.8 Å². The number of hydrogen-bond donors (Lipinski definition) is 0. The Morgan fingerprint density at radius 1 is 1.28 bits per heavy atom. The number of aromatic carboxylic acids is 1. The summed E-state index contributed by atoms with van der Waals surface area (Å²) >= 11 is 0. The van der Waals surface area contributed by atoms with Crippen LogP contribution in [0.5, 0.6) is 0 Å². The number of imidazole rings is 1. The maximum absolute atomic E-state index is 10.6. The minimum atomic E-state index is -1.27. The first-order valence-corrected chi connectivity index (χ1v) is 5.39. The van der Waals surface area contributed by atoms with Gasteiger partial charge in [-0.1, -0.05) is 12.1 Å². The molecule has 18 heavy (non-hydrogen) atoms. The number of benzene rings is 1. The van der Waals surface area contributed by atoms with Crippen LogP contribution in [0.25, 0.3) is 11.0 Å². The Morgan fingerprint density at radius 2 is 2.11 bits per heavy atom. The maximum atomic E-state index is 10.6. The summed E-state index contributed by atoms with van der Waals surface area (Å²) in [5, 5.41) is 14.5. The molecule has 0 fully saturated rings. The SMILES string of the molecule is O=C([O-])c1ccn(Cn2cnc3ccccc32)n1. The van der Waals surface area contributed by atoms with Gasteiger partial charge < -0.3 is 14.5 Å². The summed E-state index contributed by atoms with van der Waals surface area (Å²) in [6, 6.07) is 9.12. The molecular weight excluding hydrogens is 232 g/mol. The first-order chi connectivity index (χ1) is 8.74. The van der Waals surface area contributed by atoms with Crippen LogP contribution < -0.4 is 5.11 Å². The number of nitrogens with zero attached hydrogens (tertiary/aromatic N) is 4. The third kappa shape index (κ3) is 1.73. The Bertz CT molecular complexity index is 714. The molecule has 3 aromatic rings. The fraction of sp³-hybridized carbons (Fsp3) is 0.0833. The van der Waals surface area contributed by atoms with E-state index in [1.165, 1.54) is 10.7 Å². The van der Waals surface area contributed by atoms with Crippen molar-refractivity contribution in [1.29, 1.82) is 0 Å². The molecule has 0 saturated carbocycles. The molecule has 6 nitrogen and oxygen atoms in total. The van der Waals surface area contributed by atoms with Crippen molar-refractivity contribution < 1.29 is 9.90 Å². The summed E-state index contributed by atoms with van der Waals surface area (Å²) in [5.41, 5.74) is 1.80. The molecule has 0 radical (unpaired) electrons. The Morgan fingerprint density at radius 3 is 2.89 bits per heavy atom. The van der Waals surface area contributed by atoms with Crippen LogP contribution in [0.1, 0.15) is 10.5 Å². The lowest BCUT2D eigenvalue weighted by Crippen LogP contribution is -2.23. The standard InChI is InChI=1S/C12H10N4O2/c17-12(18)10-5-6-16(14-10)8-15-7-13-9-3-1-2-4-11(9)15/h1-7H,8H2,(H,17,18)/p-1. The number of aromatic nitrogens is 4. The second-order valence-electron chi connectivity index (χ2n) is 3.87. The topological polar surface area (TPSA) is 75.8 Å². The van der Waals surface area contributed by atoms with E-state index in [0.29, 0.717) is 6.67 Å². The zero-order valence-electron chi connectivity index (χ0n) is 9.35. The fourth-order valence-electron chi connectivity index (χ4n) is 1.83. The summed E-state index contributed by atoms with van der Waals surface area (Å²) < 4.78 is 3.42. The van der Waals surface area contributed by atoms with Crippen molar-refractivity contribution in [2.24, 2.45) is 0 Å². The van der Waals surface area contributed by atoms with Gasteiger partial charge in [0.25, 0.3) is 0 Å². The van der Waals surface area contributed by atoms with Crippen molar-refractivity contribution in [3.63, 3.8) is 0 Å². The molecule has 0 atom stereocenters. The summed E-state index contributed by atoms with van der Waals surface area (Å²) in [6.07, 6.45) is 3.30. The minimum absolute atomic E-state index is 0.0700. The molecule has 90 valence electrons. The largest absolute Gasteiger partial charge is 0.543 e. The average Bonchev–Trinajstić information content (AvgIpc) is 2.98. The van der Waals surface area contributed by atoms with Crippen LogP contribution in [0.4, 0.5) is 0 Å². The van der Waals surface area contributed by atoms with Gasteiger partial charge in [0.1, 0.15) is 12.4 Å². The van der Waals surface area contributed by atoms with Crippen molar-refractivity contribution in [1.82, 2.24) is 19.3 Å². The van der Waals surface area contributed by atoms with Gasteiger partial charge in [-0.05, 0) is 18.2 Å². The Labute approximate surface area is 102 Å². The van der Waals surface area contributed by atoms with E-state index in [9.17, 15) is 9.90 Å². The molecule has 3 rings (SSSR count). The highest BCUT2D eigenvalue weighted by molar-refractivity contribution is 5.83. The van der Waals surface area contributed by atoms with Crippen LogP contribution in [0.3, 0.4) is 0 Å². The summed E-state index contributed by atoms with van der Waals surface area (Å²) in [6.45, 7) is 0.411. The second kappa shape index (κ2) is 3.99. The van der Waals surface area contributed by atoms with Gasteiger partial charge in [-0.15, -0.1) is 0 Å². The van der Waals surface area contributed by atoms with Gasteiger partial charge in [0.2, 0.25) is 0 Å². The zero-order chi connectivity index (χ0) is 12.5. The molecule has 0 amide bonds. The predicted octanol–water partition coefficient (Wildman–Crippen LogP) is 0.102. The molecule has 0 aliphatic heterocycles. The van der Waals surface area contributed by atoms with E-state index < -0.39 is 5.97 Å². The molecule has 2 heterocycles. The van der Waals surface area contributed by atoms with E-state index in [1.54, 1.807) is 12.5 Å². The molecule has 0 aliphatic rings. The number of carbonyl (C=O) groups is 1. The number of para-hydroxylation sites is 2. The molecular formula is C12H9N4O2-. The molecule has 0 bridgehead atoms. The Hall–Kier alpha value is -2.63. The van der Waals surface area contributed by atoms with E-state index in [0.717, 1.165) is 11.0 Å². The van der Waals surface area contributed by atoms with Crippen LogP contribution in [-0.2, 0) is 6.67 Å². The van der Waals surface area contributed by atoms with Crippen molar-refractivity contribution in [2.45, 2.75) is 6.67 Å². The van der Waals surface area contributed by atoms with Crippen molar-refractivity contribution >= 4 is 17.0 Å². The third-order valence-corrected chi connectivity index (χ3v) is 2.67. The van der Waals surface area contributed by atoms with Gasteiger partial charge in [0.15, 0.2) is 0 Å². The van der Waals surface area contributed by atoms with Crippen LogP contribution in [0.15, 0.2) is 42.9 Å². The van der Waals surface area contributed by atoms with Crippen molar-refractivity contribution in [3.8, 4) is 0 Å². The number of carboxylic acids is 1. The van der Waals surface area contributed by atoms with Gasteiger partial charge >= 0.3 is 0 Å². The quantitative estimate of drug-likeness (QED) is 0.651. The van der Waals surface area contributed by atoms with Gasteiger partial charge in [-0.25, -0.2) is 4.98 Å². The van der Waals surface area contributed by atoms with Gasteiger partial charge in [-0.3, -0.25) is 4.68 Å². The Balaban J connectivity index is 1.93. The van der Waals surface area contributed by atoms with Crippen LogP contribution in [0.2, 0.25) is 0 Å². The highest BCUT2D eigenvalue weighted by atomic mass is 16.4. The number of carboxylic acid groups (broad SMARTS) is 1. The molecule has 1 aromatic carbocycles. The predicted molar refractivity (Wildman–Crippen MR) is 61.7 cm³/mol. The molecule has 0 N–H and O–H groups in total. The Kier molecular flexibility index (Phi) is 2.33. The van der Waals surface area contributed by atoms with Crippen molar-refractivity contribution in [2.75, 3.05) is 0 Å². The van der Waals surface area contributed by atoms with E-state index in [4.69, 9.17) is 0 Å². The summed E-state index contributed by atoms with van der Waals surface area (Å²) in [5.74, 6) is -1.27. The highest BCUT2D eigenvalue weighted by Crippen LogP contribution is 2.11. The third-order valence-electron chi connectivity index (χ3n) is 2.67. The van der Waals surface area contributed by atoms with E-state index in [-0.39, 0.29) is 5.69 Å². The molecule has 0 unspecified atom stereocenters. The molecule has 0 spiro atoms.